The van der Waals surface area contributed by atoms with Crippen molar-refractivity contribution < 1.29 is 9.63 Å². The van der Waals surface area contributed by atoms with Crippen molar-refractivity contribution in [2.24, 2.45) is 0 Å². The highest BCUT2D eigenvalue weighted by atomic mass is 16.7. The van der Waals surface area contributed by atoms with Gasteiger partial charge in [0.2, 0.25) is 0 Å². The van der Waals surface area contributed by atoms with E-state index in [1.165, 1.54) is 18.6 Å². The van der Waals surface area contributed by atoms with Crippen molar-refractivity contribution in [3.8, 4) is 0 Å². The number of rotatable bonds is 2. The maximum Gasteiger partial charge on any atom is 0.295 e. The molecule has 1 rings (SSSR count). The van der Waals surface area contributed by atoms with Crippen LogP contribution in [0.25, 0.3) is 0 Å². The van der Waals surface area contributed by atoms with E-state index in [-0.39, 0.29) is 5.69 Å². The van der Waals surface area contributed by atoms with E-state index < -0.39 is 11.5 Å². The topological polar surface area (TPSA) is 64.1 Å². The average Bonchev–Trinajstić information content (AvgIpc) is 2.14. The number of aromatic nitrogens is 2. The summed E-state index contributed by atoms with van der Waals surface area (Å²) >= 11 is 0. The van der Waals surface area contributed by atoms with E-state index in [1.807, 2.05) is 20.8 Å². The quantitative estimate of drug-likeness (QED) is 0.713. The van der Waals surface area contributed by atoms with Gasteiger partial charge in [-0.15, -0.1) is 0 Å². The van der Waals surface area contributed by atoms with Crippen molar-refractivity contribution in [2.45, 2.75) is 26.4 Å². The molecule has 1 heterocycles. The molecular formula is C9H13N3O2. The molecule has 0 saturated carbocycles. The van der Waals surface area contributed by atoms with E-state index in [4.69, 9.17) is 4.84 Å². The molecule has 0 radical (unpaired) electrons. The predicted octanol–water partition coefficient (Wildman–Crippen LogP) is 0.936. The largest absolute Gasteiger partial charge is 0.295 e. The third-order valence-electron chi connectivity index (χ3n) is 1.25. The zero-order chi connectivity index (χ0) is 10.6. The first-order valence-electron chi connectivity index (χ1n) is 4.23. The smallest absolute Gasteiger partial charge is 0.268 e. The average molecular weight is 195 g/mol. The van der Waals surface area contributed by atoms with Crippen LogP contribution < -0.4 is 5.48 Å². The van der Waals surface area contributed by atoms with E-state index >= 15 is 0 Å². The van der Waals surface area contributed by atoms with Gasteiger partial charge >= 0.3 is 0 Å². The summed E-state index contributed by atoms with van der Waals surface area (Å²) in [4.78, 5) is 24.0. The molecule has 0 aromatic carbocycles. The number of hydroxylamine groups is 1. The monoisotopic (exact) mass is 195 g/mol. The number of amides is 1. The number of carbonyl (C=O) groups is 1. The fraction of sp³-hybridized carbons (Fsp3) is 0.444. The van der Waals surface area contributed by atoms with Crippen LogP contribution in [0, 0.1) is 0 Å². The molecule has 1 N–H and O–H groups in total. The van der Waals surface area contributed by atoms with Crippen molar-refractivity contribution in [3.05, 3.63) is 24.3 Å². The Balaban J connectivity index is 2.52. The van der Waals surface area contributed by atoms with E-state index in [1.54, 1.807) is 0 Å². The predicted molar refractivity (Wildman–Crippen MR) is 50.3 cm³/mol. The van der Waals surface area contributed by atoms with Crippen molar-refractivity contribution in [2.75, 3.05) is 0 Å². The van der Waals surface area contributed by atoms with Gasteiger partial charge < -0.3 is 0 Å². The van der Waals surface area contributed by atoms with Crippen LogP contribution in [0.5, 0.6) is 0 Å². The molecule has 76 valence electrons. The lowest BCUT2D eigenvalue weighted by molar-refractivity contribution is -0.0591. The number of nitrogens with zero attached hydrogens (tertiary/aromatic N) is 2. The molecule has 0 bridgehead atoms. The highest BCUT2D eigenvalue weighted by Gasteiger charge is 2.14. The summed E-state index contributed by atoms with van der Waals surface area (Å²) in [5.41, 5.74) is 2.11. The number of nitrogens with one attached hydrogen (secondary N) is 1. The summed E-state index contributed by atoms with van der Waals surface area (Å²) in [7, 11) is 0. The second kappa shape index (κ2) is 4.15. The van der Waals surface area contributed by atoms with Crippen LogP contribution in [0.4, 0.5) is 0 Å². The normalized spacial score (nSPS) is 11.1. The van der Waals surface area contributed by atoms with Crippen LogP contribution in [0.15, 0.2) is 18.6 Å². The Bertz CT molecular complexity index is 306. The lowest BCUT2D eigenvalue weighted by atomic mass is 10.2. The van der Waals surface area contributed by atoms with Crippen LogP contribution in [0.1, 0.15) is 31.3 Å². The minimum absolute atomic E-state index is 0.233. The van der Waals surface area contributed by atoms with Gasteiger partial charge in [-0.3, -0.25) is 14.6 Å². The first-order chi connectivity index (χ1) is 6.49. The van der Waals surface area contributed by atoms with Gasteiger partial charge in [0.25, 0.3) is 5.91 Å². The van der Waals surface area contributed by atoms with Gasteiger partial charge in [-0.1, -0.05) is 0 Å². The molecule has 14 heavy (non-hydrogen) atoms. The van der Waals surface area contributed by atoms with Crippen LogP contribution >= 0.6 is 0 Å². The lowest BCUT2D eigenvalue weighted by Gasteiger charge is -2.18. The summed E-state index contributed by atoms with van der Waals surface area (Å²) in [6.07, 6.45) is 4.33. The second-order valence-electron chi connectivity index (χ2n) is 3.74. The Morgan fingerprint density at radius 2 is 2.14 bits per heavy atom. The van der Waals surface area contributed by atoms with E-state index in [2.05, 4.69) is 15.4 Å². The maximum absolute atomic E-state index is 11.4. The zero-order valence-corrected chi connectivity index (χ0v) is 8.44. The van der Waals surface area contributed by atoms with Gasteiger partial charge in [-0.05, 0) is 20.8 Å². The van der Waals surface area contributed by atoms with Gasteiger partial charge in [-0.2, -0.15) is 0 Å². The van der Waals surface area contributed by atoms with Gasteiger partial charge in [0.05, 0.1) is 11.8 Å². The molecule has 0 spiro atoms. The molecule has 0 fully saturated rings. The number of hydrogen-bond donors (Lipinski definition) is 1. The minimum Gasteiger partial charge on any atom is -0.268 e. The molecule has 0 aliphatic rings. The highest BCUT2D eigenvalue weighted by molar-refractivity contribution is 5.91. The number of hydrogen-bond acceptors (Lipinski definition) is 4. The summed E-state index contributed by atoms with van der Waals surface area (Å²) < 4.78 is 0. The first-order valence-corrected chi connectivity index (χ1v) is 4.23. The summed E-state index contributed by atoms with van der Waals surface area (Å²) in [5.74, 6) is -0.395. The molecule has 1 aromatic heterocycles. The molecule has 0 unspecified atom stereocenters. The Labute approximate surface area is 82.5 Å². The van der Waals surface area contributed by atoms with E-state index in [0.29, 0.717) is 0 Å². The second-order valence-corrected chi connectivity index (χ2v) is 3.74. The lowest BCUT2D eigenvalue weighted by Crippen LogP contribution is -2.33. The van der Waals surface area contributed by atoms with Gasteiger partial charge in [-0.25, -0.2) is 10.5 Å². The number of carbonyl (C=O) groups excluding carboxylic acids is 1. The third kappa shape index (κ3) is 3.49. The Morgan fingerprint density at radius 1 is 1.43 bits per heavy atom. The third-order valence-corrected chi connectivity index (χ3v) is 1.25. The SMILES string of the molecule is CC(C)(C)ONC(=O)c1cnccn1. The minimum atomic E-state index is -0.419. The fourth-order valence-corrected chi connectivity index (χ4v) is 0.668. The van der Waals surface area contributed by atoms with Crippen LogP contribution in [-0.2, 0) is 4.84 Å². The standard InChI is InChI=1S/C9H13N3O2/c1-9(2,3)14-12-8(13)7-6-10-4-5-11-7/h4-6H,1-3H3,(H,12,13). The molecule has 0 saturated heterocycles. The fourth-order valence-electron chi connectivity index (χ4n) is 0.668. The molecule has 5 heteroatoms. The molecule has 0 atom stereocenters. The summed E-state index contributed by atoms with van der Waals surface area (Å²) in [6.45, 7) is 5.51. The van der Waals surface area contributed by atoms with Crippen LogP contribution in [-0.4, -0.2) is 21.5 Å². The van der Waals surface area contributed by atoms with Crippen molar-refractivity contribution in [1.82, 2.24) is 15.4 Å². The van der Waals surface area contributed by atoms with E-state index in [9.17, 15) is 4.79 Å². The van der Waals surface area contributed by atoms with Crippen LogP contribution in [0.2, 0.25) is 0 Å². The zero-order valence-electron chi connectivity index (χ0n) is 8.44. The van der Waals surface area contributed by atoms with Crippen molar-refractivity contribution in [3.63, 3.8) is 0 Å². The van der Waals surface area contributed by atoms with Crippen LogP contribution in [0.3, 0.4) is 0 Å². The molecule has 1 amide bonds. The molecule has 0 aliphatic heterocycles. The van der Waals surface area contributed by atoms with Crippen molar-refractivity contribution >= 4 is 5.91 Å². The van der Waals surface area contributed by atoms with E-state index in [0.717, 1.165) is 0 Å². The van der Waals surface area contributed by atoms with Gasteiger partial charge in [0.15, 0.2) is 0 Å². The Kier molecular flexibility index (Phi) is 3.14. The Morgan fingerprint density at radius 3 is 2.64 bits per heavy atom. The maximum atomic E-state index is 11.4. The summed E-state index contributed by atoms with van der Waals surface area (Å²) in [5, 5.41) is 0. The molecular weight excluding hydrogens is 182 g/mol. The van der Waals surface area contributed by atoms with Gasteiger partial charge in [0.1, 0.15) is 5.69 Å². The highest BCUT2D eigenvalue weighted by Crippen LogP contribution is 2.04. The first kappa shape index (κ1) is 10.6. The molecule has 0 aliphatic carbocycles. The molecule has 5 nitrogen and oxygen atoms in total. The molecule has 1 aromatic rings. The summed E-state index contributed by atoms with van der Waals surface area (Å²) in [6, 6.07) is 0. The van der Waals surface area contributed by atoms with Gasteiger partial charge in [0, 0.05) is 12.4 Å². The van der Waals surface area contributed by atoms with Crippen molar-refractivity contribution in [1.29, 1.82) is 0 Å². The Hall–Kier alpha value is -1.49.